The van der Waals surface area contributed by atoms with Gasteiger partial charge in [-0.3, -0.25) is 9.59 Å². The van der Waals surface area contributed by atoms with E-state index in [1.165, 1.54) is 0 Å². The van der Waals surface area contributed by atoms with Gasteiger partial charge in [0.15, 0.2) is 0 Å². The van der Waals surface area contributed by atoms with Crippen molar-refractivity contribution in [1.82, 2.24) is 10.6 Å². The lowest BCUT2D eigenvalue weighted by atomic mass is 9.94. The predicted molar refractivity (Wildman–Crippen MR) is 131 cm³/mol. The van der Waals surface area contributed by atoms with Gasteiger partial charge in [-0.25, -0.2) is 4.79 Å². The molecule has 5 rings (SSSR count). The molecule has 35 heavy (non-hydrogen) atoms. The molecule has 0 spiro atoms. The summed E-state index contributed by atoms with van der Waals surface area (Å²) in [7, 11) is 0. The van der Waals surface area contributed by atoms with Gasteiger partial charge in [0.25, 0.3) is 0 Å². The Morgan fingerprint density at radius 3 is 2.26 bits per heavy atom. The van der Waals surface area contributed by atoms with E-state index in [0.717, 1.165) is 22.3 Å². The Labute approximate surface area is 205 Å². The Kier molecular flexibility index (Phi) is 5.82. The van der Waals surface area contributed by atoms with E-state index in [0.29, 0.717) is 32.1 Å². The van der Waals surface area contributed by atoms with Crippen molar-refractivity contribution >= 4 is 18.0 Å². The van der Waals surface area contributed by atoms with Crippen molar-refractivity contribution in [2.24, 2.45) is 11.3 Å². The number of carboxylic acids is 1. The zero-order valence-corrected chi connectivity index (χ0v) is 20.2. The zero-order chi connectivity index (χ0) is 24.8. The van der Waals surface area contributed by atoms with E-state index in [-0.39, 0.29) is 30.4 Å². The van der Waals surface area contributed by atoms with Crippen molar-refractivity contribution in [3.05, 3.63) is 59.7 Å². The number of rotatable bonds is 8. The largest absolute Gasteiger partial charge is 0.481 e. The molecule has 3 N–H and O–H groups in total. The molecule has 2 fully saturated rings. The van der Waals surface area contributed by atoms with E-state index in [2.05, 4.69) is 34.9 Å². The van der Waals surface area contributed by atoms with Crippen LogP contribution in [0.3, 0.4) is 0 Å². The number of carbonyl (C=O) groups is 3. The van der Waals surface area contributed by atoms with Crippen LogP contribution in [0, 0.1) is 11.3 Å². The average molecular weight is 477 g/mol. The zero-order valence-electron chi connectivity index (χ0n) is 20.2. The molecule has 0 heterocycles. The quantitative estimate of drug-likeness (QED) is 0.522. The molecule has 3 aliphatic carbocycles. The highest BCUT2D eigenvalue weighted by atomic mass is 16.5. The smallest absolute Gasteiger partial charge is 0.408 e. The Balaban J connectivity index is 1.22. The maximum absolute atomic E-state index is 13.2. The van der Waals surface area contributed by atoms with Gasteiger partial charge in [0, 0.05) is 12.0 Å². The number of hydrogen-bond acceptors (Lipinski definition) is 4. The van der Waals surface area contributed by atoms with E-state index in [1.807, 2.05) is 31.2 Å². The summed E-state index contributed by atoms with van der Waals surface area (Å²) in [5.74, 6) is -0.985. The molecule has 7 nitrogen and oxygen atoms in total. The fourth-order valence-electron chi connectivity index (χ4n) is 6.20. The molecule has 4 atom stereocenters. The predicted octanol–water partition coefficient (Wildman–Crippen LogP) is 4.45. The summed E-state index contributed by atoms with van der Waals surface area (Å²) in [6.45, 7) is 3.83. The second-order valence-electron chi connectivity index (χ2n) is 10.5. The van der Waals surface area contributed by atoms with Crippen molar-refractivity contribution in [2.75, 3.05) is 6.61 Å². The molecule has 2 aromatic carbocycles. The molecule has 0 aromatic heterocycles. The van der Waals surface area contributed by atoms with E-state index < -0.39 is 23.0 Å². The lowest BCUT2D eigenvalue weighted by Gasteiger charge is -2.31. The van der Waals surface area contributed by atoms with Crippen LogP contribution in [0.2, 0.25) is 0 Å². The first-order chi connectivity index (χ1) is 16.8. The Morgan fingerprint density at radius 2 is 1.69 bits per heavy atom. The summed E-state index contributed by atoms with van der Waals surface area (Å²) in [4.78, 5) is 37.7. The molecule has 4 unspecified atom stereocenters. The Hall–Kier alpha value is -3.35. The van der Waals surface area contributed by atoms with Crippen LogP contribution in [-0.4, -0.2) is 41.3 Å². The van der Waals surface area contributed by atoms with Crippen LogP contribution in [0.4, 0.5) is 4.79 Å². The molecule has 0 bridgehead atoms. The van der Waals surface area contributed by atoms with Gasteiger partial charge in [-0.2, -0.15) is 0 Å². The first-order valence-corrected chi connectivity index (χ1v) is 12.4. The van der Waals surface area contributed by atoms with Crippen LogP contribution in [-0.2, 0) is 14.3 Å². The third-order valence-corrected chi connectivity index (χ3v) is 8.15. The molecule has 2 saturated carbocycles. The Bertz CT molecular complexity index is 1130. The van der Waals surface area contributed by atoms with Crippen molar-refractivity contribution in [2.45, 2.75) is 63.5 Å². The third-order valence-electron chi connectivity index (χ3n) is 8.15. The molecule has 3 aliphatic rings. The van der Waals surface area contributed by atoms with E-state index in [1.54, 1.807) is 6.92 Å². The lowest BCUT2D eigenvalue weighted by Crippen LogP contribution is -2.58. The molecule has 0 saturated heterocycles. The molecule has 2 aromatic rings. The second kappa shape index (κ2) is 8.70. The van der Waals surface area contributed by atoms with Gasteiger partial charge in [-0.1, -0.05) is 61.9 Å². The second-order valence-corrected chi connectivity index (χ2v) is 10.5. The van der Waals surface area contributed by atoms with Gasteiger partial charge in [0.1, 0.15) is 12.1 Å². The first kappa shape index (κ1) is 23.4. The number of carbonyl (C=O) groups excluding carboxylic acids is 2. The summed E-state index contributed by atoms with van der Waals surface area (Å²) in [5, 5.41) is 15.3. The maximum Gasteiger partial charge on any atom is 0.408 e. The van der Waals surface area contributed by atoms with Crippen LogP contribution in [0.5, 0.6) is 0 Å². The SMILES string of the molecule is CCCC(C)(NC(=O)OCC1c2ccccc2-c2ccccc21)C(=O)NC1CC2CC2(C(=O)O)C1. The first-order valence-electron chi connectivity index (χ1n) is 12.4. The molecule has 184 valence electrons. The number of ether oxygens (including phenoxy) is 1. The van der Waals surface area contributed by atoms with Gasteiger partial charge in [0.2, 0.25) is 5.91 Å². The monoisotopic (exact) mass is 476 g/mol. The van der Waals surface area contributed by atoms with Gasteiger partial charge < -0.3 is 20.5 Å². The lowest BCUT2D eigenvalue weighted by molar-refractivity contribution is -0.144. The minimum Gasteiger partial charge on any atom is -0.481 e. The highest BCUT2D eigenvalue weighted by Crippen LogP contribution is 2.63. The molecule has 7 heteroatoms. The van der Waals surface area contributed by atoms with Crippen molar-refractivity contribution < 1.29 is 24.2 Å². The highest BCUT2D eigenvalue weighted by Gasteiger charge is 2.65. The number of amides is 2. The summed E-state index contributed by atoms with van der Waals surface area (Å²) in [6.07, 6.45) is 2.33. The van der Waals surface area contributed by atoms with E-state index in [4.69, 9.17) is 4.74 Å². The van der Waals surface area contributed by atoms with Crippen LogP contribution in [0.15, 0.2) is 48.5 Å². The number of nitrogens with one attached hydrogen (secondary N) is 2. The van der Waals surface area contributed by atoms with E-state index >= 15 is 0 Å². The van der Waals surface area contributed by atoms with Crippen molar-refractivity contribution in [3.8, 4) is 11.1 Å². The average Bonchev–Trinajstić information content (AvgIpc) is 3.26. The minimum atomic E-state index is -1.14. The van der Waals surface area contributed by atoms with Gasteiger partial charge in [-0.05, 0) is 60.8 Å². The Morgan fingerprint density at radius 1 is 1.06 bits per heavy atom. The van der Waals surface area contributed by atoms with Crippen LogP contribution >= 0.6 is 0 Å². The molecule has 0 aliphatic heterocycles. The molecule has 0 radical (unpaired) electrons. The van der Waals surface area contributed by atoms with E-state index in [9.17, 15) is 19.5 Å². The number of hydrogen-bond donors (Lipinski definition) is 3. The minimum absolute atomic E-state index is 0.0585. The maximum atomic E-state index is 13.2. The third kappa shape index (κ3) is 4.07. The highest BCUT2D eigenvalue weighted by molar-refractivity contribution is 5.90. The standard InChI is InChI=1S/C28H32N2O5/c1-3-12-27(2,24(31)29-18-13-17-14-28(17,15-18)25(32)33)30-26(34)35-16-23-21-10-6-4-8-19(21)20-9-5-7-11-22(20)23/h4-11,17-18,23H,3,12-16H2,1-2H3,(H,29,31)(H,30,34)(H,32,33). The van der Waals surface area contributed by atoms with Crippen molar-refractivity contribution in [1.29, 1.82) is 0 Å². The normalized spacial score (nSPS) is 25.5. The summed E-state index contributed by atoms with van der Waals surface area (Å²) in [6, 6.07) is 16.1. The molecule has 2 amide bonds. The number of alkyl carbamates (subject to hydrolysis) is 1. The number of aliphatic carboxylic acids is 1. The van der Waals surface area contributed by atoms with Gasteiger partial charge in [-0.15, -0.1) is 0 Å². The molecular weight excluding hydrogens is 444 g/mol. The number of carboxylic acid groups (broad SMARTS) is 1. The summed E-state index contributed by atoms with van der Waals surface area (Å²) >= 11 is 0. The molecular formula is C28H32N2O5. The topological polar surface area (TPSA) is 105 Å². The van der Waals surface area contributed by atoms with Crippen LogP contribution < -0.4 is 10.6 Å². The fourth-order valence-corrected chi connectivity index (χ4v) is 6.20. The summed E-state index contributed by atoms with van der Waals surface area (Å²) < 4.78 is 5.67. The van der Waals surface area contributed by atoms with Gasteiger partial charge >= 0.3 is 12.1 Å². The van der Waals surface area contributed by atoms with Gasteiger partial charge in [0.05, 0.1) is 5.41 Å². The number of benzene rings is 2. The van der Waals surface area contributed by atoms with Crippen LogP contribution in [0.25, 0.3) is 11.1 Å². The van der Waals surface area contributed by atoms with Crippen molar-refractivity contribution in [3.63, 3.8) is 0 Å². The number of fused-ring (bicyclic) bond motifs is 4. The van der Waals surface area contributed by atoms with Crippen LogP contribution in [0.1, 0.15) is 63.0 Å². The summed E-state index contributed by atoms with van der Waals surface area (Å²) in [5.41, 5.74) is 2.76. The fraction of sp³-hybridized carbons (Fsp3) is 0.464.